The lowest BCUT2D eigenvalue weighted by Crippen LogP contribution is -2.23. The molecule has 0 bridgehead atoms. The van der Waals surface area contributed by atoms with Gasteiger partial charge in [0.25, 0.3) is 0 Å². The topological polar surface area (TPSA) is 26.3 Å². The molecule has 0 amide bonds. The quantitative estimate of drug-likeness (QED) is 0.689. The van der Waals surface area contributed by atoms with E-state index in [1.165, 1.54) is 32.1 Å². The number of carbonyl (C=O) groups excluding carboxylic acids is 1. The Morgan fingerprint density at radius 1 is 1.24 bits per heavy atom. The van der Waals surface area contributed by atoms with Gasteiger partial charge < -0.3 is 4.74 Å². The van der Waals surface area contributed by atoms with E-state index < -0.39 is 0 Å². The van der Waals surface area contributed by atoms with Crippen molar-refractivity contribution in [2.24, 2.45) is 17.3 Å². The van der Waals surface area contributed by atoms with Crippen LogP contribution in [0.15, 0.2) is 0 Å². The van der Waals surface area contributed by atoms with Crippen LogP contribution in [-0.4, -0.2) is 12.6 Å². The molecule has 2 nitrogen and oxygen atoms in total. The highest BCUT2D eigenvalue weighted by molar-refractivity contribution is 5.69. The van der Waals surface area contributed by atoms with Crippen molar-refractivity contribution in [2.45, 2.75) is 66.2 Å². The minimum Gasteiger partial charge on any atom is -0.466 e. The van der Waals surface area contributed by atoms with Crippen LogP contribution in [0.25, 0.3) is 0 Å². The monoisotopic (exact) mass is 240 g/mol. The Morgan fingerprint density at radius 2 is 1.88 bits per heavy atom. The summed E-state index contributed by atoms with van der Waals surface area (Å²) in [7, 11) is 0. The summed E-state index contributed by atoms with van der Waals surface area (Å²) in [5.41, 5.74) is 0.413. The summed E-state index contributed by atoms with van der Waals surface area (Å²) in [6, 6.07) is 0. The highest BCUT2D eigenvalue weighted by Crippen LogP contribution is 2.37. The first-order chi connectivity index (χ1) is 7.90. The summed E-state index contributed by atoms with van der Waals surface area (Å²) in [5, 5.41) is 0. The van der Waals surface area contributed by atoms with Crippen molar-refractivity contribution in [3.63, 3.8) is 0 Å². The fourth-order valence-corrected chi connectivity index (χ4v) is 3.09. The van der Waals surface area contributed by atoms with Gasteiger partial charge in [-0.05, 0) is 43.4 Å². The lowest BCUT2D eigenvalue weighted by molar-refractivity contribution is -0.144. The smallest absolute Gasteiger partial charge is 0.306 e. The average molecular weight is 240 g/mol. The lowest BCUT2D eigenvalue weighted by Gasteiger charge is -2.32. The molecule has 0 spiro atoms. The van der Waals surface area contributed by atoms with E-state index in [0.717, 1.165) is 5.92 Å². The lowest BCUT2D eigenvalue weighted by atomic mass is 9.73. The maximum Gasteiger partial charge on any atom is 0.306 e. The van der Waals surface area contributed by atoms with E-state index in [1.807, 2.05) is 6.92 Å². The summed E-state index contributed by atoms with van der Waals surface area (Å²) >= 11 is 0. The van der Waals surface area contributed by atoms with Crippen LogP contribution >= 0.6 is 0 Å². The molecule has 100 valence electrons. The molecule has 0 N–H and O–H groups in total. The predicted molar refractivity (Wildman–Crippen MR) is 70.8 cm³/mol. The van der Waals surface area contributed by atoms with E-state index in [9.17, 15) is 4.79 Å². The largest absolute Gasteiger partial charge is 0.466 e. The number of esters is 1. The van der Waals surface area contributed by atoms with Crippen LogP contribution in [0.2, 0.25) is 0 Å². The van der Waals surface area contributed by atoms with Crippen LogP contribution in [0, 0.1) is 17.3 Å². The molecule has 0 aromatic rings. The van der Waals surface area contributed by atoms with Gasteiger partial charge >= 0.3 is 5.97 Å². The van der Waals surface area contributed by atoms with E-state index in [2.05, 4.69) is 20.8 Å². The van der Waals surface area contributed by atoms with Gasteiger partial charge in [-0.3, -0.25) is 4.79 Å². The third-order valence-electron chi connectivity index (χ3n) is 3.55. The van der Waals surface area contributed by atoms with Gasteiger partial charge in [-0.1, -0.05) is 33.6 Å². The minimum absolute atomic E-state index is 0.00564. The molecule has 1 aliphatic carbocycles. The Labute approximate surface area is 106 Å². The molecule has 0 aromatic heterocycles. The molecule has 1 fully saturated rings. The van der Waals surface area contributed by atoms with Crippen molar-refractivity contribution in [3.8, 4) is 0 Å². The molecule has 0 heterocycles. The van der Waals surface area contributed by atoms with Crippen LogP contribution in [0.5, 0.6) is 0 Å². The van der Waals surface area contributed by atoms with Gasteiger partial charge in [-0.15, -0.1) is 0 Å². The van der Waals surface area contributed by atoms with Crippen molar-refractivity contribution < 1.29 is 9.53 Å². The first kappa shape index (κ1) is 14.5. The molecule has 0 radical (unpaired) electrons. The first-order valence-electron chi connectivity index (χ1n) is 7.06. The molecular formula is C15H28O2. The van der Waals surface area contributed by atoms with Gasteiger partial charge in [0.05, 0.1) is 6.61 Å². The maximum atomic E-state index is 11.5. The van der Waals surface area contributed by atoms with Crippen LogP contribution in [-0.2, 0) is 9.53 Å². The van der Waals surface area contributed by atoms with E-state index in [4.69, 9.17) is 4.74 Å². The van der Waals surface area contributed by atoms with Crippen LogP contribution in [0.4, 0.5) is 0 Å². The van der Waals surface area contributed by atoms with Crippen molar-refractivity contribution in [2.75, 3.05) is 6.61 Å². The molecule has 17 heavy (non-hydrogen) atoms. The molecule has 1 rings (SSSR count). The Kier molecular flexibility index (Phi) is 5.48. The van der Waals surface area contributed by atoms with E-state index in [1.54, 1.807) is 0 Å². The molecular weight excluding hydrogens is 212 g/mol. The average Bonchev–Trinajstić information content (AvgIpc) is 2.15. The van der Waals surface area contributed by atoms with E-state index >= 15 is 0 Å². The van der Waals surface area contributed by atoms with Gasteiger partial charge in [0.1, 0.15) is 0 Å². The van der Waals surface area contributed by atoms with E-state index in [0.29, 0.717) is 24.4 Å². The zero-order chi connectivity index (χ0) is 12.9. The molecule has 0 aromatic carbocycles. The third-order valence-corrected chi connectivity index (χ3v) is 3.55. The normalized spacial score (nSPS) is 25.6. The van der Waals surface area contributed by atoms with Crippen molar-refractivity contribution in [3.05, 3.63) is 0 Å². The summed E-state index contributed by atoms with van der Waals surface area (Å²) in [6.45, 7) is 9.31. The number of rotatable bonds is 4. The Balaban J connectivity index is 2.36. The predicted octanol–water partition coefficient (Wildman–Crippen LogP) is 4.18. The number of hydrogen-bond donors (Lipinski definition) is 0. The molecule has 1 saturated carbocycles. The van der Waals surface area contributed by atoms with Gasteiger partial charge in [0.2, 0.25) is 0 Å². The molecule has 2 heteroatoms. The standard InChI is InChI=1S/C15H28O2/c1-5-17-14(16)10-12-7-6-8-13(9-12)11-15(2,3)4/h12-13H,5-11H2,1-4H3/t12-,13+/m1/s1. The first-order valence-corrected chi connectivity index (χ1v) is 7.06. The SMILES string of the molecule is CCOC(=O)C[C@@H]1CCC[C@H](CC(C)(C)C)C1. The van der Waals surface area contributed by atoms with Crippen molar-refractivity contribution in [1.29, 1.82) is 0 Å². The van der Waals surface area contributed by atoms with Gasteiger partial charge in [-0.2, -0.15) is 0 Å². The van der Waals surface area contributed by atoms with Crippen LogP contribution in [0.3, 0.4) is 0 Å². The Hall–Kier alpha value is -0.530. The second kappa shape index (κ2) is 6.42. The van der Waals surface area contributed by atoms with Gasteiger partial charge in [0.15, 0.2) is 0 Å². The number of ether oxygens (including phenoxy) is 1. The zero-order valence-corrected chi connectivity index (χ0v) is 11.9. The van der Waals surface area contributed by atoms with Crippen LogP contribution < -0.4 is 0 Å². The van der Waals surface area contributed by atoms with Gasteiger partial charge in [-0.25, -0.2) is 0 Å². The summed E-state index contributed by atoms with van der Waals surface area (Å²) in [4.78, 5) is 11.5. The van der Waals surface area contributed by atoms with Gasteiger partial charge in [0, 0.05) is 6.42 Å². The third kappa shape index (κ3) is 6.09. The number of carbonyl (C=O) groups is 1. The Morgan fingerprint density at radius 3 is 2.47 bits per heavy atom. The van der Waals surface area contributed by atoms with Crippen LogP contribution in [0.1, 0.15) is 66.2 Å². The summed E-state index contributed by atoms with van der Waals surface area (Å²) in [5.74, 6) is 1.37. The zero-order valence-electron chi connectivity index (χ0n) is 11.9. The van der Waals surface area contributed by atoms with Crippen molar-refractivity contribution in [1.82, 2.24) is 0 Å². The molecule has 0 saturated heterocycles. The molecule has 0 unspecified atom stereocenters. The molecule has 1 aliphatic rings. The fourth-order valence-electron chi connectivity index (χ4n) is 3.09. The highest BCUT2D eigenvalue weighted by atomic mass is 16.5. The second-order valence-electron chi connectivity index (χ2n) is 6.67. The Bertz CT molecular complexity index is 240. The summed E-state index contributed by atoms with van der Waals surface area (Å²) < 4.78 is 5.04. The van der Waals surface area contributed by atoms with E-state index in [-0.39, 0.29) is 5.97 Å². The summed E-state index contributed by atoms with van der Waals surface area (Å²) in [6.07, 6.45) is 6.97. The molecule has 2 atom stereocenters. The highest BCUT2D eigenvalue weighted by Gasteiger charge is 2.27. The maximum absolute atomic E-state index is 11.5. The number of hydrogen-bond acceptors (Lipinski definition) is 2. The fraction of sp³-hybridized carbons (Fsp3) is 0.933. The molecule has 0 aliphatic heterocycles. The van der Waals surface area contributed by atoms with Crippen molar-refractivity contribution >= 4 is 5.97 Å². The second-order valence-corrected chi connectivity index (χ2v) is 6.67. The minimum atomic E-state index is -0.00564.